The molecule has 0 atom stereocenters. The van der Waals surface area contributed by atoms with Gasteiger partial charge in [-0.05, 0) is 5.92 Å². The molecule has 0 saturated heterocycles. The zero-order valence-corrected chi connectivity index (χ0v) is 12.2. The van der Waals surface area contributed by atoms with Crippen molar-refractivity contribution in [3.63, 3.8) is 0 Å². The third-order valence-corrected chi connectivity index (χ3v) is 4.70. The Morgan fingerprint density at radius 1 is 1.32 bits per heavy atom. The highest BCUT2D eigenvalue weighted by Gasteiger charge is 2.17. The molecule has 0 amide bonds. The van der Waals surface area contributed by atoms with Crippen molar-refractivity contribution in [3.05, 3.63) is 5.82 Å². The highest BCUT2D eigenvalue weighted by molar-refractivity contribution is 7.99. The molecule has 6 heteroatoms. The summed E-state index contributed by atoms with van der Waals surface area (Å²) in [4.78, 5) is 10.6. The number of carboxylic acids is 1. The van der Waals surface area contributed by atoms with E-state index in [1.54, 1.807) is 0 Å². The first-order valence-corrected chi connectivity index (χ1v) is 7.88. The van der Waals surface area contributed by atoms with Crippen LogP contribution in [-0.4, -0.2) is 31.6 Å². The van der Waals surface area contributed by atoms with E-state index in [1.807, 2.05) is 11.6 Å². The second-order valence-corrected chi connectivity index (χ2v) is 6.14. The number of nitrogens with zero attached hydrogens (tertiary/aromatic N) is 3. The molecule has 0 bridgehead atoms. The van der Waals surface area contributed by atoms with Gasteiger partial charge in [-0.3, -0.25) is 4.79 Å². The van der Waals surface area contributed by atoms with Crippen molar-refractivity contribution in [2.45, 2.75) is 50.1 Å². The van der Waals surface area contributed by atoms with Crippen LogP contribution in [-0.2, 0) is 18.3 Å². The van der Waals surface area contributed by atoms with Crippen molar-refractivity contribution in [2.75, 3.05) is 5.75 Å². The fourth-order valence-corrected chi connectivity index (χ4v) is 3.25. The number of rotatable bonds is 5. The van der Waals surface area contributed by atoms with Gasteiger partial charge >= 0.3 is 5.97 Å². The van der Waals surface area contributed by atoms with E-state index < -0.39 is 5.97 Å². The van der Waals surface area contributed by atoms with E-state index in [0.29, 0.717) is 11.1 Å². The molecule has 1 heterocycles. The lowest BCUT2D eigenvalue weighted by atomic mass is 9.96. The lowest BCUT2D eigenvalue weighted by Gasteiger charge is -2.13. The van der Waals surface area contributed by atoms with Crippen LogP contribution in [0.4, 0.5) is 0 Å². The zero-order valence-electron chi connectivity index (χ0n) is 11.3. The van der Waals surface area contributed by atoms with Crippen LogP contribution in [0.2, 0.25) is 0 Å². The smallest absolute Gasteiger partial charge is 0.313 e. The van der Waals surface area contributed by atoms with E-state index >= 15 is 0 Å². The van der Waals surface area contributed by atoms with Crippen LogP contribution in [0.3, 0.4) is 0 Å². The lowest BCUT2D eigenvalue weighted by Crippen LogP contribution is -2.09. The van der Waals surface area contributed by atoms with Crippen molar-refractivity contribution in [2.24, 2.45) is 13.0 Å². The van der Waals surface area contributed by atoms with Gasteiger partial charge in [0.1, 0.15) is 5.82 Å². The van der Waals surface area contributed by atoms with Gasteiger partial charge in [0.15, 0.2) is 5.16 Å². The van der Waals surface area contributed by atoms with Crippen LogP contribution in [0.25, 0.3) is 0 Å². The summed E-state index contributed by atoms with van der Waals surface area (Å²) in [7, 11) is 1.93. The largest absolute Gasteiger partial charge is 0.481 e. The quantitative estimate of drug-likeness (QED) is 0.664. The normalized spacial score (nSPS) is 17.3. The molecule has 1 aliphatic rings. The molecule has 0 aliphatic heterocycles. The third-order valence-electron chi connectivity index (χ3n) is 3.70. The Labute approximate surface area is 117 Å². The van der Waals surface area contributed by atoms with Crippen molar-refractivity contribution in [3.8, 4) is 0 Å². The first-order chi connectivity index (χ1) is 9.16. The Hall–Kier alpha value is -1.04. The molecule has 1 fully saturated rings. The second-order valence-electron chi connectivity index (χ2n) is 5.20. The molecule has 0 spiro atoms. The Kier molecular flexibility index (Phi) is 5.24. The van der Waals surface area contributed by atoms with Gasteiger partial charge in [0.05, 0.1) is 5.75 Å². The second kappa shape index (κ2) is 6.93. The summed E-state index contributed by atoms with van der Waals surface area (Å²) in [5.74, 6) is 0.913. The average Bonchev–Trinajstić information content (AvgIpc) is 2.58. The van der Waals surface area contributed by atoms with Gasteiger partial charge in [-0.25, -0.2) is 0 Å². The summed E-state index contributed by atoms with van der Waals surface area (Å²) in [6.45, 7) is 0. The molecule has 1 aromatic heterocycles. The Balaban J connectivity index is 1.94. The predicted octanol–water partition coefficient (Wildman–Crippen LogP) is 2.50. The molecule has 1 aliphatic carbocycles. The van der Waals surface area contributed by atoms with Gasteiger partial charge in [-0.15, -0.1) is 10.2 Å². The van der Waals surface area contributed by atoms with Crippen LogP contribution < -0.4 is 0 Å². The van der Waals surface area contributed by atoms with Crippen LogP contribution in [0.1, 0.15) is 44.3 Å². The number of hydrogen-bond donors (Lipinski definition) is 1. The van der Waals surface area contributed by atoms with Gasteiger partial charge in [0.2, 0.25) is 0 Å². The molecule has 1 saturated carbocycles. The van der Waals surface area contributed by atoms with Crippen LogP contribution in [0.5, 0.6) is 0 Å². The first kappa shape index (κ1) is 14.4. The summed E-state index contributed by atoms with van der Waals surface area (Å²) >= 11 is 1.23. The topological polar surface area (TPSA) is 68.0 Å². The van der Waals surface area contributed by atoms with Gasteiger partial charge < -0.3 is 9.67 Å². The number of carboxylic acid groups (broad SMARTS) is 1. The number of carbonyl (C=O) groups is 1. The van der Waals surface area contributed by atoms with Gasteiger partial charge in [-0.2, -0.15) is 0 Å². The highest BCUT2D eigenvalue weighted by atomic mass is 32.2. The standard InChI is InChI=1S/C13H21N3O2S/c1-16-11(8-10-6-4-2-3-5-7-10)14-15-13(16)19-9-12(17)18/h10H,2-9H2,1H3,(H,17,18). The summed E-state index contributed by atoms with van der Waals surface area (Å²) in [6.07, 6.45) is 8.89. The third kappa shape index (κ3) is 4.23. The van der Waals surface area contributed by atoms with Crippen LogP contribution in [0, 0.1) is 5.92 Å². The van der Waals surface area contributed by atoms with E-state index in [-0.39, 0.29) is 5.75 Å². The maximum atomic E-state index is 10.6. The molecule has 106 valence electrons. The minimum absolute atomic E-state index is 0.0371. The summed E-state index contributed by atoms with van der Waals surface area (Å²) < 4.78 is 1.94. The SMILES string of the molecule is Cn1c(CC2CCCCCC2)nnc1SCC(=O)O. The van der Waals surface area contributed by atoms with Crippen molar-refractivity contribution in [1.82, 2.24) is 14.8 Å². The highest BCUT2D eigenvalue weighted by Crippen LogP contribution is 2.26. The predicted molar refractivity (Wildman–Crippen MR) is 74.3 cm³/mol. The number of hydrogen-bond acceptors (Lipinski definition) is 4. The Bertz CT molecular complexity index is 426. The number of aliphatic carboxylic acids is 1. The maximum Gasteiger partial charge on any atom is 0.313 e. The van der Waals surface area contributed by atoms with Crippen molar-refractivity contribution < 1.29 is 9.90 Å². The van der Waals surface area contributed by atoms with E-state index in [1.165, 1.54) is 50.3 Å². The Morgan fingerprint density at radius 2 is 2.00 bits per heavy atom. The molecule has 1 aromatic rings. The molecule has 0 aromatic carbocycles. The molecule has 0 unspecified atom stereocenters. The number of thioether (sulfide) groups is 1. The van der Waals surface area contributed by atoms with Gasteiger partial charge in [0.25, 0.3) is 0 Å². The fourth-order valence-electron chi connectivity index (χ4n) is 2.60. The van der Waals surface area contributed by atoms with E-state index in [4.69, 9.17) is 5.11 Å². The van der Waals surface area contributed by atoms with Crippen molar-refractivity contribution >= 4 is 17.7 Å². The summed E-state index contributed by atoms with van der Waals surface area (Å²) in [5, 5.41) is 17.7. The van der Waals surface area contributed by atoms with E-state index in [9.17, 15) is 4.79 Å². The molecule has 2 rings (SSSR count). The number of aromatic nitrogens is 3. The molecule has 5 nitrogen and oxygen atoms in total. The average molecular weight is 283 g/mol. The zero-order chi connectivity index (χ0) is 13.7. The van der Waals surface area contributed by atoms with E-state index in [0.717, 1.165) is 12.2 Å². The molecular formula is C13H21N3O2S. The molecule has 0 radical (unpaired) electrons. The Morgan fingerprint density at radius 3 is 2.63 bits per heavy atom. The van der Waals surface area contributed by atoms with E-state index in [2.05, 4.69) is 10.2 Å². The van der Waals surface area contributed by atoms with Crippen LogP contribution in [0.15, 0.2) is 5.16 Å². The minimum Gasteiger partial charge on any atom is -0.481 e. The minimum atomic E-state index is -0.821. The monoisotopic (exact) mass is 283 g/mol. The fraction of sp³-hybridized carbons (Fsp3) is 0.769. The maximum absolute atomic E-state index is 10.6. The van der Waals surface area contributed by atoms with Crippen LogP contribution >= 0.6 is 11.8 Å². The lowest BCUT2D eigenvalue weighted by molar-refractivity contribution is -0.133. The van der Waals surface area contributed by atoms with Gasteiger partial charge in [-0.1, -0.05) is 50.3 Å². The summed E-state index contributed by atoms with van der Waals surface area (Å²) in [5.41, 5.74) is 0. The van der Waals surface area contributed by atoms with Gasteiger partial charge in [0, 0.05) is 13.5 Å². The van der Waals surface area contributed by atoms with Crippen molar-refractivity contribution in [1.29, 1.82) is 0 Å². The first-order valence-electron chi connectivity index (χ1n) is 6.89. The summed E-state index contributed by atoms with van der Waals surface area (Å²) in [6, 6.07) is 0. The molecule has 19 heavy (non-hydrogen) atoms. The molecular weight excluding hydrogens is 262 g/mol. The molecule has 1 N–H and O–H groups in total.